The van der Waals surface area contributed by atoms with Crippen LogP contribution in [0, 0.1) is 17.1 Å². The number of nitriles is 1. The molecule has 0 amide bonds. The minimum atomic E-state index is -4.42. The summed E-state index contributed by atoms with van der Waals surface area (Å²) >= 11 is 0. The third kappa shape index (κ3) is 4.26. The van der Waals surface area contributed by atoms with E-state index in [1.54, 1.807) is 23.6 Å². The third-order valence-corrected chi connectivity index (χ3v) is 5.31. The first kappa shape index (κ1) is 22.3. The quantitative estimate of drug-likeness (QED) is 0.542. The maximum Gasteiger partial charge on any atom is 0.416 e. The Bertz CT molecular complexity index is 1230. The van der Waals surface area contributed by atoms with Gasteiger partial charge >= 0.3 is 6.18 Å². The van der Waals surface area contributed by atoms with Crippen LogP contribution in [0.15, 0.2) is 47.4 Å². The van der Waals surface area contributed by atoms with Crippen LogP contribution in [0.1, 0.15) is 30.5 Å². The minimum absolute atomic E-state index is 0.0744. The van der Waals surface area contributed by atoms with Crippen molar-refractivity contribution in [3.05, 3.63) is 75.3 Å². The molecule has 0 aliphatic rings. The highest BCUT2D eigenvalue weighted by molar-refractivity contribution is 5.84. The van der Waals surface area contributed by atoms with Gasteiger partial charge in [-0.3, -0.25) is 4.79 Å². The van der Waals surface area contributed by atoms with Crippen molar-refractivity contribution in [3.8, 4) is 6.07 Å². The number of nitrogens with zero attached hydrogens (tertiary/aromatic N) is 3. The monoisotopic (exact) mass is 431 g/mol. The molecule has 0 spiro atoms. The van der Waals surface area contributed by atoms with Gasteiger partial charge in [0.1, 0.15) is 17.4 Å². The van der Waals surface area contributed by atoms with Crippen molar-refractivity contribution in [2.24, 2.45) is 0 Å². The van der Waals surface area contributed by atoms with Crippen molar-refractivity contribution in [3.63, 3.8) is 0 Å². The zero-order valence-corrected chi connectivity index (χ0v) is 17.5. The molecular formula is C23H21F4N3O. The predicted molar refractivity (Wildman–Crippen MR) is 112 cm³/mol. The Morgan fingerprint density at radius 1 is 1.06 bits per heavy atom. The number of benzene rings is 2. The van der Waals surface area contributed by atoms with E-state index < -0.39 is 28.4 Å². The zero-order chi connectivity index (χ0) is 23.1. The Morgan fingerprint density at radius 2 is 1.65 bits per heavy atom. The van der Waals surface area contributed by atoms with Gasteiger partial charge in [0.2, 0.25) is 5.43 Å². The van der Waals surface area contributed by atoms with E-state index in [2.05, 4.69) is 0 Å². The fourth-order valence-electron chi connectivity index (χ4n) is 3.58. The maximum absolute atomic E-state index is 14.5. The summed E-state index contributed by atoms with van der Waals surface area (Å²) in [5.41, 5.74) is -0.713. The number of anilines is 1. The molecule has 0 fully saturated rings. The SMILES string of the molecule is CN(C)c1cc2c(cc1F)c(=O)c(C#N)cn2CC(C)(C)c1ccc(C(F)(F)F)cc1. The molecular weight excluding hydrogens is 410 g/mol. The Balaban J connectivity index is 2.15. The number of aromatic nitrogens is 1. The van der Waals surface area contributed by atoms with Crippen LogP contribution in [0.2, 0.25) is 0 Å². The normalized spacial score (nSPS) is 12.1. The van der Waals surface area contributed by atoms with Crippen LogP contribution in [0.5, 0.6) is 0 Å². The molecule has 0 radical (unpaired) electrons. The van der Waals surface area contributed by atoms with Gasteiger partial charge in [-0.2, -0.15) is 18.4 Å². The molecule has 162 valence electrons. The standard InChI is InChI=1S/C23H21F4N3O/c1-22(2,15-5-7-16(8-6-15)23(25,26)27)13-30-12-14(11-28)21(31)17-9-18(24)20(29(3)4)10-19(17)30/h5-10,12H,13H2,1-4H3. The molecule has 3 aromatic rings. The van der Waals surface area contributed by atoms with Crippen LogP contribution in [0.3, 0.4) is 0 Å². The maximum atomic E-state index is 14.5. The first-order chi connectivity index (χ1) is 14.3. The number of alkyl halides is 3. The van der Waals surface area contributed by atoms with Gasteiger partial charge in [-0.15, -0.1) is 0 Å². The van der Waals surface area contributed by atoms with E-state index in [-0.39, 0.29) is 23.2 Å². The lowest BCUT2D eigenvalue weighted by Gasteiger charge is -2.28. The second-order valence-corrected chi connectivity index (χ2v) is 8.29. The second-order valence-electron chi connectivity index (χ2n) is 8.29. The fourth-order valence-corrected chi connectivity index (χ4v) is 3.58. The van der Waals surface area contributed by atoms with E-state index in [1.165, 1.54) is 24.4 Å². The Kier molecular flexibility index (Phi) is 5.57. The molecule has 0 unspecified atom stereocenters. The molecule has 2 aromatic carbocycles. The zero-order valence-electron chi connectivity index (χ0n) is 17.5. The molecule has 4 nitrogen and oxygen atoms in total. The molecule has 0 bridgehead atoms. The van der Waals surface area contributed by atoms with Gasteiger partial charge in [-0.1, -0.05) is 26.0 Å². The number of halogens is 4. The highest BCUT2D eigenvalue weighted by Crippen LogP contribution is 2.33. The van der Waals surface area contributed by atoms with Gasteiger partial charge in [-0.25, -0.2) is 4.39 Å². The lowest BCUT2D eigenvalue weighted by Crippen LogP contribution is -2.26. The first-order valence-electron chi connectivity index (χ1n) is 9.47. The molecule has 0 aliphatic heterocycles. The minimum Gasteiger partial charge on any atom is -0.375 e. The number of hydrogen-bond acceptors (Lipinski definition) is 3. The second kappa shape index (κ2) is 7.73. The van der Waals surface area contributed by atoms with Crippen LogP contribution < -0.4 is 10.3 Å². The smallest absolute Gasteiger partial charge is 0.375 e. The molecule has 0 atom stereocenters. The number of pyridine rings is 1. The van der Waals surface area contributed by atoms with E-state index in [1.807, 2.05) is 19.9 Å². The molecule has 0 saturated carbocycles. The van der Waals surface area contributed by atoms with Crippen molar-refractivity contribution in [1.82, 2.24) is 4.57 Å². The van der Waals surface area contributed by atoms with Crippen LogP contribution in [0.4, 0.5) is 23.2 Å². The predicted octanol–water partition coefficient (Wildman–Crippen LogP) is 5.07. The molecule has 1 aromatic heterocycles. The summed E-state index contributed by atoms with van der Waals surface area (Å²) < 4.78 is 54.9. The van der Waals surface area contributed by atoms with E-state index in [9.17, 15) is 27.6 Å². The Hall–Kier alpha value is -3.34. The molecule has 31 heavy (non-hydrogen) atoms. The fraction of sp³-hybridized carbons (Fsp3) is 0.304. The van der Waals surface area contributed by atoms with Crippen molar-refractivity contribution >= 4 is 16.6 Å². The molecule has 3 rings (SSSR count). The highest BCUT2D eigenvalue weighted by Gasteiger charge is 2.31. The van der Waals surface area contributed by atoms with E-state index in [4.69, 9.17) is 0 Å². The number of rotatable bonds is 4. The van der Waals surface area contributed by atoms with Gasteiger partial charge in [0.05, 0.1) is 22.2 Å². The van der Waals surface area contributed by atoms with E-state index in [0.717, 1.165) is 18.2 Å². The van der Waals surface area contributed by atoms with Crippen LogP contribution in [0.25, 0.3) is 10.9 Å². The lowest BCUT2D eigenvalue weighted by molar-refractivity contribution is -0.137. The molecule has 1 heterocycles. The summed E-state index contributed by atoms with van der Waals surface area (Å²) in [7, 11) is 3.34. The van der Waals surface area contributed by atoms with Gasteiger partial charge < -0.3 is 9.47 Å². The van der Waals surface area contributed by atoms with Crippen LogP contribution >= 0.6 is 0 Å². The molecule has 0 N–H and O–H groups in total. The van der Waals surface area contributed by atoms with Gasteiger partial charge in [0.15, 0.2) is 0 Å². The molecule has 0 saturated heterocycles. The first-order valence-corrected chi connectivity index (χ1v) is 9.47. The van der Waals surface area contributed by atoms with Crippen molar-refractivity contribution < 1.29 is 17.6 Å². The number of hydrogen-bond donors (Lipinski definition) is 0. The van der Waals surface area contributed by atoms with Crippen LogP contribution in [-0.2, 0) is 18.1 Å². The summed E-state index contributed by atoms with van der Waals surface area (Å²) in [5.74, 6) is -0.585. The summed E-state index contributed by atoms with van der Waals surface area (Å²) in [6.07, 6.45) is -3.01. The summed E-state index contributed by atoms with van der Waals surface area (Å²) in [6.45, 7) is 3.95. The largest absolute Gasteiger partial charge is 0.416 e. The van der Waals surface area contributed by atoms with Gasteiger partial charge in [0, 0.05) is 32.3 Å². The van der Waals surface area contributed by atoms with Gasteiger partial charge in [0.25, 0.3) is 0 Å². The average Bonchev–Trinajstić information content (AvgIpc) is 2.69. The summed E-state index contributed by atoms with van der Waals surface area (Å²) in [5, 5.41) is 9.44. The summed E-state index contributed by atoms with van der Waals surface area (Å²) in [4.78, 5) is 14.2. The van der Waals surface area contributed by atoms with E-state index in [0.29, 0.717) is 11.1 Å². The molecule has 8 heteroatoms. The van der Waals surface area contributed by atoms with Crippen molar-refractivity contribution in [2.75, 3.05) is 19.0 Å². The third-order valence-electron chi connectivity index (χ3n) is 5.31. The average molecular weight is 431 g/mol. The van der Waals surface area contributed by atoms with Crippen molar-refractivity contribution in [2.45, 2.75) is 32.0 Å². The number of fused-ring (bicyclic) bond motifs is 1. The topological polar surface area (TPSA) is 49.0 Å². The lowest BCUT2D eigenvalue weighted by atomic mass is 9.84. The van der Waals surface area contributed by atoms with E-state index >= 15 is 0 Å². The summed E-state index contributed by atoms with van der Waals surface area (Å²) in [6, 6.07) is 9.40. The Labute approximate surface area is 176 Å². The van der Waals surface area contributed by atoms with Gasteiger partial charge in [-0.05, 0) is 29.8 Å². The van der Waals surface area contributed by atoms with Crippen molar-refractivity contribution in [1.29, 1.82) is 5.26 Å². The Morgan fingerprint density at radius 3 is 2.16 bits per heavy atom. The van der Waals surface area contributed by atoms with Crippen LogP contribution in [-0.4, -0.2) is 18.7 Å². The molecule has 0 aliphatic carbocycles. The highest BCUT2D eigenvalue weighted by atomic mass is 19.4.